The van der Waals surface area contributed by atoms with Crippen LogP contribution in [0.2, 0.25) is 0 Å². The number of piperidine rings is 1. The number of aryl methyl sites for hydroxylation is 1. The number of benzene rings is 1. The summed E-state index contributed by atoms with van der Waals surface area (Å²) >= 11 is 0. The average molecular weight is 258 g/mol. The van der Waals surface area contributed by atoms with Crippen LogP contribution in [0.3, 0.4) is 0 Å². The first-order chi connectivity index (χ1) is 9.34. The predicted octanol–water partition coefficient (Wildman–Crippen LogP) is 1.18. The fourth-order valence-corrected chi connectivity index (χ4v) is 2.65. The summed E-state index contributed by atoms with van der Waals surface area (Å²) in [6.07, 6.45) is 3.39. The van der Waals surface area contributed by atoms with Crippen LogP contribution in [0.4, 0.5) is 0 Å². The van der Waals surface area contributed by atoms with Crippen molar-refractivity contribution in [2.24, 2.45) is 5.92 Å². The molecule has 1 aliphatic heterocycles. The maximum absolute atomic E-state index is 12.2. The third-order valence-corrected chi connectivity index (χ3v) is 3.84. The largest absolute Gasteiger partial charge is 0.317 e. The molecule has 19 heavy (non-hydrogen) atoms. The molecule has 0 spiro atoms. The van der Waals surface area contributed by atoms with Crippen molar-refractivity contribution in [3.63, 3.8) is 0 Å². The first-order valence-electron chi connectivity index (χ1n) is 6.88. The molecule has 100 valence electrons. The van der Waals surface area contributed by atoms with Crippen LogP contribution < -0.4 is 10.9 Å². The van der Waals surface area contributed by atoms with Crippen molar-refractivity contribution < 1.29 is 0 Å². The fraction of sp³-hybridized carbons (Fsp3) is 0.500. The van der Waals surface area contributed by atoms with E-state index in [1.54, 1.807) is 0 Å². The van der Waals surface area contributed by atoms with Crippen LogP contribution in [0.15, 0.2) is 29.1 Å². The maximum Gasteiger partial charge on any atom is 0.277 e. The van der Waals surface area contributed by atoms with Crippen LogP contribution >= 0.6 is 0 Å². The second-order valence-electron chi connectivity index (χ2n) is 5.12. The minimum absolute atomic E-state index is 0.0282. The summed E-state index contributed by atoms with van der Waals surface area (Å²) in [5.41, 5.74) is 0.644. The van der Waals surface area contributed by atoms with Gasteiger partial charge in [-0.15, -0.1) is 5.10 Å². The molecule has 1 aliphatic rings. The minimum atomic E-state index is -0.0282. The molecule has 0 atom stereocenters. The van der Waals surface area contributed by atoms with E-state index in [1.165, 1.54) is 17.5 Å². The lowest BCUT2D eigenvalue weighted by atomic mass is 9.95. The van der Waals surface area contributed by atoms with E-state index in [9.17, 15) is 4.79 Å². The van der Waals surface area contributed by atoms with E-state index < -0.39 is 0 Å². The zero-order chi connectivity index (χ0) is 13.1. The summed E-state index contributed by atoms with van der Waals surface area (Å²) in [6, 6.07) is 7.37. The third kappa shape index (κ3) is 2.66. The zero-order valence-electron chi connectivity index (χ0n) is 10.9. The van der Waals surface area contributed by atoms with Gasteiger partial charge in [-0.1, -0.05) is 17.3 Å². The Morgan fingerprint density at radius 3 is 2.89 bits per heavy atom. The molecule has 0 radical (unpaired) electrons. The molecular weight excluding hydrogens is 240 g/mol. The Hall–Kier alpha value is -1.75. The second kappa shape index (κ2) is 5.48. The predicted molar refractivity (Wildman–Crippen MR) is 74.0 cm³/mol. The summed E-state index contributed by atoms with van der Waals surface area (Å²) in [7, 11) is 0. The van der Waals surface area contributed by atoms with Gasteiger partial charge in [0.25, 0.3) is 5.56 Å². The lowest BCUT2D eigenvalue weighted by Gasteiger charge is -2.22. The highest BCUT2D eigenvalue weighted by Crippen LogP contribution is 2.16. The van der Waals surface area contributed by atoms with Gasteiger partial charge < -0.3 is 5.32 Å². The minimum Gasteiger partial charge on any atom is -0.317 e. The van der Waals surface area contributed by atoms with Crippen LogP contribution in [0.1, 0.15) is 19.3 Å². The quantitative estimate of drug-likeness (QED) is 0.898. The number of rotatable bonds is 3. The van der Waals surface area contributed by atoms with Gasteiger partial charge in [-0.2, -0.15) is 0 Å². The molecule has 2 heterocycles. The molecule has 2 aromatic rings. The lowest BCUT2D eigenvalue weighted by molar-refractivity contribution is 0.327. The summed E-state index contributed by atoms with van der Waals surface area (Å²) < 4.78 is 1.50. The molecule has 1 saturated heterocycles. The molecule has 1 N–H and O–H groups in total. The van der Waals surface area contributed by atoms with Gasteiger partial charge >= 0.3 is 0 Å². The Morgan fingerprint density at radius 2 is 2.05 bits per heavy atom. The smallest absolute Gasteiger partial charge is 0.277 e. The van der Waals surface area contributed by atoms with Crippen LogP contribution in [-0.2, 0) is 6.54 Å². The van der Waals surface area contributed by atoms with E-state index in [0.29, 0.717) is 23.4 Å². The first-order valence-corrected chi connectivity index (χ1v) is 6.88. The van der Waals surface area contributed by atoms with Crippen LogP contribution in [0.5, 0.6) is 0 Å². The molecule has 0 amide bonds. The summed E-state index contributed by atoms with van der Waals surface area (Å²) in [5.74, 6) is 0.696. The van der Waals surface area contributed by atoms with Gasteiger partial charge in [0.05, 0.1) is 5.39 Å². The number of hydrogen-bond acceptors (Lipinski definition) is 4. The molecule has 5 heteroatoms. The van der Waals surface area contributed by atoms with E-state index in [1.807, 2.05) is 24.3 Å². The van der Waals surface area contributed by atoms with Crippen molar-refractivity contribution in [2.75, 3.05) is 13.1 Å². The average Bonchev–Trinajstić information content (AvgIpc) is 2.48. The van der Waals surface area contributed by atoms with Crippen LogP contribution in [0.25, 0.3) is 10.9 Å². The molecule has 0 bridgehead atoms. The van der Waals surface area contributed by atoms with Gasteiger partial charge in [-0.05, 0) is 50.4 Å². The van der Waals surface area contributed by atoms with Gasteiger partial charge in [0.15, 0.2) is 0 Å². The SMILES string of the molecule is O=c1c2ccccc2nnn1CCC1CCNCC1. The van der Waals surface area contributed by atoms with Crippen LogP contribution in [0, 0.1) is 5.92 Å². The maximum atomic E-state index is 12.2. The molecule has 0 saturated carbocycles. The van der Waals surface area contributed by atoms with Gasteiger partial charge in [-0.25, -0.2) is 4.68 Å². The molecule has 0 unspecified atom stereocenters. The van der Waals surface area contributed by atoms with E-state index in [0.717, 1.165) is 19.5 Å². The topological polar surface area (TPSA) is 59.8 Å². The Kier molecular flexibility index (Phi) is 3.55. The molecule has 1 aromatic heterocycles. The summed E-state index contributed by atoms with van der Waals surface area (Å²) in [6.45, 7) is 2.84. The Labute approximate surface area is 111 Å². The zero-order valence-corrected chi connectivity index (χ0v) is 10.9. The number of nitrogens with zero attached hydrogens (tertiary/aromatic N) is 3. The Morgan fingerprint density at radius 1 is 1.26 bits per heavy atom. The second-order valence-corrected chi connectivity index (χ2v) is 5.12. The number of hydrogen-bond donors (Lipinski definition) is 1. The van der Waals surface area contributed by atoms with E-state index in [4.69, 9.17) is 0 Å². The molecule has 0 aliphatic carbocycles. The van der Waals surface area contributed by atoms with Crippen molar-refractivity contribution >= 4 is 10.9 Å². The molecule has 3 rings (SSSR count). The normalized spacial score (nSPS) is 16.8. The van der Waals surface area contributed by atoms with Gasteiger partial charge in [-0.3, -0.25) is 4.79 Å². The van der Waals surface area contributed by atoms with Crippen molar-refractivity contribution in [3.05, 3.63) is 34.6 Å². The highest BCUT2D eigenvalue weighted by molar-refractivity contribution is 5.76. The Bertz CT molecular complexity index is 616. The van der Waals surface area contributed by atoms with Crippen LogP contribution in [-0.4, -0.2) is 28.1 Å². The van der Waals surface area contributed by atoms with Crippen molar-refractivity contribution in [1.29, 1.82) is 0 Å². The molecule has 1 aromatic carbocycles. The van der Waals surface area contributed by atoms with E-state index in [2.05, 4.69) is 15.6 Å². The first kappa shape index (κ1) is 12.3. The molecule has 1 fully saturated rings. The van der Waals surface area contributed by atoms with Crippen molar-refractivity contribution in [1.82, 2.24) is 20.3 Å². The van der Waals surface area contributed by atoms with Crippen molar-refractivity contribution in [2.45, 2.75) is 25.8 Å². The number of fused-ring (bicyclic) bond motifs is 1. The standard InChI is InChI=1S/C14H18N4O/c19-14-12-3-1-2-4-13(12)16-17-18(14)10-7-11-5-8-15-9-6-11/h1-4,11,15H,5-10H2. The van der Waals surface area contributed by atoms with Crippen molar-refractivity contribution in [3.8, 4) is 0 Å². The molecule has 5 nitrogen and oxygen atoms in total. The van der Waals surface area contributed by atoms with Gasteiger partial charge in [0.1, 0.15) is 5.52 Å². The summed E-state index contributed by atoms with van der Waals surface area (Å²) in [4.78, 5) is 12.2. The highest BCUT2D eigenvalue weighted by atomic mass is 16.1. The van der Waals surface area contributed by atoms with Gasteiger partial charge in [0, 0.05) is 6.54 Å². The third-order valence-electron chi connectivity index (χ3n) is 3.84. The summed E-state index contributed by atoms with van der Waals surface area (Å²) in [5, 5.41) is 12.1. The number of nitrogens with one attached hydrogen (secondary N) is 1. The number of aromatic nitrogens is 3. The fourth-order valence-electron chi connectivity index (χ4n) is 2.65. The van der Waals surface area contributed by atoms with E-state index >= 15 is 0 Å². The monoisotopic (exact) mass is 258 g/mol. The lowest BCUT2D eigenvalue weighted by Crippen LogP contribution is -2.30. The van der Waals surface area contributed by atoms with E-state index in [-0.39, 0.29) is 5.56 Å². The van der Waals surface area contributed by atoms with Gasteiger partial charge in [0.2, 0.25) is 0 Å². The molecular formula is C14H18N4O. The highest BCUT2D eigenvalue weighted by Gasteiger charge is 2.13. The Balaban J connectivity index is 1.77.